The van der Waals surface area contributed by atoms with Crippen molar-refractivity contribution in [3.8, 4) is 34.4 Å². The van der Waals surface area contributed by atoms with Gasteiger partial charge in [0.25, 0.3) is 0 Å². The zero-order chi connectivity index (χ0) is 28.0. The summed E-state index contributed by atoms with van der Waals surface area (Å²) in [5.41, 5.74) is 1.13. The Labute approximate surface area is 257 Å². The molecule has 3 heterocycles. The minimum Gasteiger partial charge on any atom is -0.489 e. The molecule has 1 aliphatic heterocycles. The van der Waals surface area contributed by atoms with Gasteiger partial charge in [0.05, 0.1) is 22.6 Å². The Morgan fingerprint density at radius 1 is 1.14 bits per heavy atom. The first kappa shape index (κ1) is 31.5. The number of aliphatic hydroxyl groups excluding tert-OH is 1. The van der Waals surface area contributed by atoms with Gasteiger partial charge >= 0.3 is 0 Å². The number of fused-ring (bicyclic) bond motifs is 2. The number of aliphatic hydroxyl groups is 1. The van der Waals surface area contributed by atoms with Crippen LogP contribution in [0.1, 0.15) is 24.6 Å². The molecule has 13 heteroatoms. The number of nitrogens with zero attached hydrogens (tertiary/aromatic N) is 1. The summed E-state index contributed by atoms with van der Waals surface area (Å²) >= 11 is 1.22. The summed E-state index contributed by atoms with van der Waals surface area (Å²) in [6, 6.07) is 11.0. The van der Waals surface area contributed by atoms with E-state index < -0.39 is 29.7 Å². The van der Waals surface area contributed by atoms with E-state index in [4.69, 9.17) is 14.2 Å². The van der Waals surface area contributed by atoms with Gasteiger partial charge in [0.1, 0.15) is 17.4 Å². The monoisotopic (exact) mass is 769 g/mol. The van der Waals surface area contributed by atoms with E-state index in [0.717, 1.165) is 11.3 Å². The molecule has 0 fully saturated rings. The summed E-state index contributed by atoms with van der Waals surface area (Å²) in [5.74, 6) is -1.72. The standard InChI is InChI=1S/C29H24F3N3O4S.H2O.W/c1-29(9-11-37-25-18(29)4-3-5-20(25)38-14-36)21-13-34-28(35-21)17-12-15(6-7-19(17)30)39-26-23(32)22(31)24-16(8-10-33-24)27(26)40-2;;/h3-8,10,12-13,33,36H,9,11,14H2,1-2H3,(H,34,35);1H2;. The number of imidazole rings is 1. The van der Waals surface area contributed by atoms with Crippen LogP contribution in [0, 0.1) is 17.5 Å². The number of hydrogen-bond acceptors (Lipinski definition) is 6. The van der Waals surface area contributed by atoms with Crippen LogP contribution >= 0.6 is 11.8 Å². The van der Waals surface area contributed by atoms with Crippen LogP contribution in [-0.2, 0) is 26.5 Å². The Morgan fingerprint density at radius 2 is 1.95 bits per heavy atom. The molecule has 42 heavy (non-hydrogen) atoms. The maximum Gasteiger partial charge on any atom is 0.204 e. The molecule has 0 saturated heterocycles. The fourth-order valence-corrected chi connectivity index (χ4v) is 5.83. The van der Waals surface area contributed by atoms with Crippen molar-refractivity contribution in [2.75, 3.05) is 19.7 Å². The number of halogens is 3. The second-order valence-corrected chi connectivity index (χ2v) is 10.3. The van der Waals surface area contributed by atoms with E-state index in [1.54, 1.807) is 24.6 Å². The van der Waals surface area contributed by atoms with Crippen LogP contribution in [0.4, 0.5) is 13.2 Å². The number of nitrogens with one attached hydrogen (secondary N) is 2. The van der Waals surface area contributed by atoms with E-state index >= 15 is 8.78 Å². The van der Waals surface area contributed by atoms with Gasteiger partial charge in [-0.05, 0) is 49.9 Å². The summed E-state index contributed by atoms with van der Waals surface area (Å²) in [5, 5.41) is 9.74. The largest absolute Gasteiger partial charge is 0.489 e. The van der Waals surface area contributed by atoms with Crippen molar-refractivity contribution in [2.24, 2.45) is 0 Å². The second kappa shape index (κ2) is 12.4. The molecule has 220 valence electrons. The maximum atomic E-state index is 15.1. The predicted octanol–water partition coefficient (Wildman–Crippen LogP) is 6.08. The number of hydrogen-bond donors (Lipinski definition) is 3. The van der Waals surface area contributed by atoms with Crippen molar-refractivity contribution in [3.63, 3.8) is 0 Å². The van der Waals surface area contributed by atoms with Gasteiger partial charge in [-0.15, -0.1) is 11.8 Å². The Balaban J connectivity index is 0.00000202. The number of aromatic nitrogens is 3. The number of aromatic amines is 2. The van der Waals surface area contributed by atoms with E-state index in [9.17, 15) is 9.50 Å². The van der Waals surface area contributed by atoms with Gasteiger partial charge in [-0.1, -0.05) is 12.1 Å². The normalized spacial score (nSPS) is 15.8. The van der Waals surface area contributed by atoms with Gasteiger partial charge in [0, 0.05) is 55.5 Å². The molecule has 1 unspecified atom stereocenters. The van der Waals surface area contributed by atoms with Gasteiger partial charge in [0.15, 0.2) is 29.9 Å². The molecular weight excluding hydrogens is 743 g/mol. The molecule has 1 aliphatic rings. The minimum absolute atomic E-state index is 0. The third-order valence-electron chi connectivity index (χ3n) is 7.24. The summed E-state index contributed by atoms with van der Waals surface area (Å²) in [7, 11) is 0. The number of ether oxygens (including phenoxy) is 3. The Bertz CT molecular complexity index is 1750. The zero-order valence-corrected chi connectivity index (χ0v) is 26.1. The molecular formula is C29H26F3N3O5SW. The molecule has 6 rings (SSSR count). The van der Waals surface area contributed by atoms with Crippen LogP contribution in [-0.4, -0.2) is 45.2 Å². The van der Waals surface area contributed by atoms with Gasteiger partial charge < -0.3 is 34.8 Å². The van der Waals surface area contributed by atoms with Crippen molar-refractivity contribution in [2.45, 2.75) is 23.7 Å². The SMILES string of the molecule is CSc1c(Oc2ccc(F)c(-c3ncc(C4(C)CCOc5c(OCO)cccc54)[nH]3)c2)c(F)c(F)c2[nH]ccc12.O.[W]. The topological polar surface area (TPSA) is 124 Å². The number of para-hydroxylation sites is 1. The van der Waals surface area contributed by atoms with E-state index in [1.807, 2.05) is 19.1 Å². The van der Waals surface area contributed by atoms with Crippen molar-refractivity contribution in [1.82, 2.24) is 15.0 Å². The summed E-state index contributed by atoms with van der Waals surface area (Å²) in [6.45, 7) is 1.92. The molecule has 5 aromatic rings. The molecule has 0 aliphatic carbocycles. The maximum absolute atomic E-state index is 15.1. The molecule has 0 amide bonds. The van der Waals surface area contributed by atoms with E-state index in [0.29, 0.717) is 34.8 Å². The number of benzene rings is 3. The first-order chi connectivity index (χ1) is 19.4. The molecule has 5 N–H and O–H groups in total. The number of rotatable bonds is 7. The average Bonchev–Trinajstić information content (AvgIpc) is 3.65. The van der Waals surface area contributed by atoms with E-state index in [2.05, 4.69) is 15.0 Å². The van der Waals surface area contributed by atoms with Crippen LogP contribution in [0.2, 0.25) is 0 Å². The van der Waals surface area contributed by atoms with Crippen LogP contribution in [0.5, 0.6) is 23.0 Å². The van der Waals surface area contributed by atoms with Crippen molar-refractivity contribution in [3.05, 3.63) is 83.6 Å². The van der Waals surface area contributed by atoms with Crippen molar-refractivity contribution in [1.29, 1.82) is 0 Å². The molecule has 0 spiro atoms. The third-order valence-corrected chi connectivity index (χ3v) is 8.05. The van der Waals surface area contributed by atoms with Crippen LogP contribution < -0.4 is 14.2 Å². The van der Waals surface area contributed by atoms with Crippen LogP contribution in [0.3, 0.4) is 0 Å². The fourth-order valence-electron chi connectivity index (χ4n) is 5.13. The summed E-state index contributed by atoms with van der Waals surface area (Å²) in [4.78, 5) is 10.8. The Morgan fingerprint density at radius 3 is 2.71 bits per heavy atom. The van der Waals surface area contributed by atoms with Crippen molar-refractivity contribution < 1.29 is 59.0 Å². The van der Waals surface area contributed by atoms with Crippen LogP contribution in [0.25, 0.3) is 22.3 Å². The van der Waals surface area contributed by atoms with Crippen molar-refractivity contribution >= 4 is 22.7 Å². The Hall–Kier alpha value is -3.44. The molecule has 0 bridgehead atoms. The second-order valence-electron chi connectivity index (χ2n) is 9.48. The predicted molar refractivity (Wildman–Crippen MR) is 148 cm³/mol. The molecule has 0 saturated carbocycles. The summed E-state index contributed by atoms with van der Waals surface area (Å²) in [6.07, 6.45) is 5.51. The molecule has 3 aromatic carbocycles. The zero-order valence-electron chi connectivity index (χ0n) is 22.4. The van der Waals surface area contributed by atoms with Gasteiger partial charge in [-0.2, -0.15) is 4.39 Å². The van der Waals surface area contributed by atoms with Crippen LogP contribution in [0.15, 0.2) is 59.8 Å². The molecule has 0 radical (unpaired) electrons. The van der Waals surface area contributed by atoms with E-state index in [-0.39, 0.29) is 54.9 Å². The first-order valence-corrected chi connectivity index (χ1v) is 13.6. The fraction of sp³-hybridized carbons (Fsp3) is 0.207. The quantitative estimate of drug-likeness (QED) is 0.136. The average molecular weight is 769 g/mol. The smallest absolute Gasteiger partial charge is 0.204 e. The third kappa shape index (κ3) is 5.17. The van der Waals surface area contributed by atoms with Gasteiger partial charge in [0.2, 0.25) is 5.82 Å². The molecule has 1 atom stereocenters. The number of thioether (sulfide) groups is 1. The van der Waals surface area contributed by atoms with Gasteiger partial charge in [-0.25, -0.2) is 13.8 Å². The Kier molecular flexibility index (Phi) is 9.32. The summed E-state index contributed by atoms with van der Waals surface area (Å²) < 4.78 is 61.8. The van der Waals surface area contributed by atoms with Gasteiger partial charge in [-0.3, -0.25) is 0 Å². The molecule has 8 nitrogen and oxygen atoms in total. The van der Waals surface area contributed by atoms with E-state index in [1.165, 1.54) is 36.2 Å². The first-order valence-electron chi connectivity index (χ1n) is 12.4. The molecule has 2 aromatic heterocycles. The minimum atomic E-state index is -1.14. The number of H-pyrrole nitrogens is 2.